The molecule has 0 saturated carbocycles. The normalized spacial score (nSPS) is 10.5. The van der Waals surface area contributed by atoms with E-state index in [2.05, 4.69) is 20.5 Å². The Balaban J connectivity index is 1.53. The smallest absolute Gasteiger partial charge is 0.249 e. The topological polar surface area (TPSA) is 93.0 Å². The van der Waals surface area contributed by atoms with Gasteiger partial charge in [-0.2, -0.15) is 4.98 Å². The van der Waals surface area contributed by atoms with E-state index in [1.165, 1.54) is 0 Å². The second-order valence-electron chi connectivity index (χ2n) is 4.88. The Morgan fingerprint density at radius 2 is 2.13 bits per heavy atom. The van der Waals surface area contributed by atoms with Crippen LogP contribution < -0.4 is 10.1 Å². The number of aromatic nitrogens is 3. The van der Waals surface area contributed by atoms with Crippen LogP contribution in [-0.2, 0) is 11.2 Å². The molecule has 0 radical (unpaired) electrons. The van der Waals surface area contributed by atoms with Crippen molar-refractivity contribution in [2.24, 2.45) is 0 Å². The summed E-state index contributed by atoms with van der Waals surface area (Å²) in [7, 11) is 1.62. The predicted molar refractivity (Wildman–Crippen MR) is 84.0 cm³/mol. The molecule has 0 aliphatic rings. The van der Waals surface area contributed by atoms with Crippen LogP contribution in [0.5, 0.6) is 5.75 Å². The van der Waals surface area contributed by atoms with Gasteiger partial charge in [0.15, 0.2) is 11.6 Å². The summed E-state index contributed by atoms with van der Waals surface area (Å²) in [6.45, 7) is 0. The first-order chi connectivity index (χ1) is 11.2. The molecule has 1 aromatic carbocycles. The molecule has 3 aromatic rings. The van der Waals surface area contributed by atoms with Crippen LogP contribution in [0.1, 0.15) is 12.0 Å². The Labute approximate surface area is 132 Å². The van der Waals surface area contributed by atoms with Crippen molar-refractivity contribution in [2.75, 3.05) is 12.4 Å². The van der Waals surface area contributed by atoms with Crippen LogP contribution in [0.4, 0.5) is 5.95 Å². The number of methoxy groups -OCH3 is 1. The van der Waals surface area contributed by atoms with Gasteiger partial charge in [-0.3, -0.25) is 15.2 Å². The predicted octanol–water partition coefficient (Wildman–Crippen LogP) is 2.64. The van der Waals surface area contributed by atoms with Gasteiger partial charge < -0.3 is 9.15 Å². The Morgan fingerprint density at radius 3 is 2.83 bits per heavy atom. The number of hydrogen-bond donors (Lipinski definition) is 2. The van der Waals surface area contributed by atoms with E-state index in [4.69, 9.17) is 9.15 Å². The molecule has 2 heterocycles. The highest BCUT2D eigenvalue weighted by molar-refractivity contribution is 5.89. The lowest BCUT2D eigenvalue weighted by atomic mass is 10.1. The molecule has 2 aromatic heterocycles. The van der Waals surface area contributed by atoms with Gasteiger partial charge in [-0.15, -0.1) is 5.10 Å². The van der Waals surface area contributed by atoms with Crippen LogP contribution in [0.25, 0.3) is 11.6 Å². The van der Waals surface area contributed by atoms with Gasteiger partial charge in [0.05, 0.1) is 13.4 Å². The second-order valence-corrected chi connectivity index (χ2v) is 4.88. The Morgan fingerprint density at radius 1 is 1.30 bits per heavy atom. The molecule has 0 fully saturated rings. The van der Waals surface area contributed by atoms with Gasteiger partial charge in [-0.05, 0) is 36.2 Å². The van der Waals surface area contributed by atoms with E-state index in [1.807, 2.05) is 24.3 Å². The van der Waals surface area contributed by atoms with Crippen molar-refractivity contribution in [2.45, 2.75) is 12.8 Å². The summed E-state index contributed by atoms with van der Waals surface area (Å²) in [6.07, 6.45) is 2.52. The van der Waals surface area contributed by atoms with E-state index >= 15 is 0 Å². The standard InChI is InChI=1S/C16H16N4O3/c1-22-12-7-4-11(5-8-12)6-9-14(21)17-16-18-15(19-20-16)13-3-2-10-23-13/h2-5,7-8,10H,6,9H2,1H3,(H2,17,18,19,20,21). The van der Waals surface area contributed by atoms with E-state index in [0.717, 1.165) is 11.3 Å². The van der Waals surface area contributed by atoms with Gasteiger partial charge in [-0.1, -0.05) is 12.1 Å². The molecule has 3 rings (SSSR count). The van der Waals surface area contributed by atoms with E-state index in [-0.39, 0.29) is 11.9 Å². The van der Waals surface area contributed by atoms with Crippen LogP contribution in [0.2, 0.25) is 0 Å². The van der Waals surface area contributed by atoms with Crippen molar-refractivity contribution in [3.05, 3.63) is 48.2 Å². The minimum Gasteiger partial charge on any atom is -0.497 e. The fourth-order valence-corrected chi connectivity index (χ4v) is 2.08. The first-order valence-corrected chi connectivity index (χ1v) is 7.13. The maximum Gasteiger partial charge on any atom is 0.249 e. The highest BCUT2D eigenvalue weighted by Gasteiger charge is 2.10. The number of nitrogens with one attached hydrogen (secondary N) is 2. The van der Waals surface area contributed by atoms with Crippen LogP contribution in [0.3, 0.4) is 0 Å². The molecule has 7 heteroatoms. The summed E-state index contributed by atoms with van der Waals surface area (Å²) >= 11 is 0. The average molecular weight is 312 g/mol. The molecule has 0 unspecified atom stereocenters. The SMILES string of the molecule is COc1ccc(CCC(=O)Nc2n[nH]c(-c3ccco3)n2)cc1. The van der Waals surface area contributed by atoms with Crippen molar-refractivity contribution in [3.8, 4) is 17.3 Å². The number of aryl methyl sites for hydroxylation is 1. The third-order valence-corrected chi connectivity index (χ3v) is 3.29. The van der Waals surface area contributed by atoms with Crippen LogP contribution in [0, 0.1) is 0 Å². The molecule has 2 N–H and O–H groups in total. The van der Waals surface area contributed by atoms with Gasteiger partial charge in [0.1, 0.15) is 5.75 Å². The fourth-order valence-electron chi connectivity index (χ4n) is 2.08. The van der Waals surface area contributed by atoms with E-state index in [9.17, 15) is 4.79 Å². The molecule has 23 heavy (non-hydrogen) atoms. The molecular weight excluding hydrogens is 296 g/mol. The zero-order chi connectivity index (χ0) is 16.1. The number of carbonyl (C=O) groups excluding carboxylic acids is 1. The summed E-state index contributed by atoms with van der Waals surface area (Å²) < 4.78 is 10.3. The maximum atomic E-state index is 12.0. The number of nitrogens with zero attached hydrogens (tertiary/aromatic N) is 2. The van der Waals surface area contributed by atoms with Gasteiger partial charge >= 0.3 is 0 Å². The summed E-state index contributed by atoms with van der Waals surface area (Å²) in [4.78, 5) is 16.1. The molecule has 118 valence electrons. The van der Waals surface area contributed by atoms with Crippen molar-refractivity contribution in [3.63, 3.8) is 0 Å². The molecule has 0 aliphatic carbocycles. The third-order valence-electron chi connectivity index (χ3n) is 3.29. The number of furan rings is 1. The lowest BCUT2D eigenvalue weighted by Crippen LogP contribution is -2.13. The van der Waals surface area contributed by atoms with Gasteiger partial charge in [0, 0.05) is 6.42 Å². The largest absolute Gasteiger partial charge is 0.497 e. The lowest BCUT2D eigenvalue weighted by Gasteiger charge is -2.03. The van der Waals surface area contributed by atoms with Crippen LogP contribution in [0.15, 0.2) is 47.1 Å². The number of carbonyl (C=O) groups is 1. The minimum absolute atomic E-state index is 0.147. The lowest BCUT2D eigenvalue weighted by molar-refractivity contribution is -0.116. The van der Waals surface area contributed by atoms with E-state index < -0.39 is 0 Å². The van der Waals surface area contributed by atoms with E-state index in [1.54, 1.807) is 25.5 Å². The number of H-pyrrole nitrogens is 1. The number of anilines is 1. The number of hydrogen-bond acceptors (Lipinski definition) is 5. The highest BCUT2D eigenvalue weighted by Crippen LogP contribution is 2.16. The van der Waals surface area contributed by atoms with Crippen molar-refractivity contribution in [1.82, 2.24) is 15.2 Å². The zero-order valence-corrected chi connectivity index (χ0v) is 12.6. The number of ether oxygens (including phenoxy) is 1. The Kier molecular flexibility index (Phi) is 4.37. The molecule has 0 aliphatic heterocycles. The second kappa shape index (κ2) is 6.78. The van der Waals surface area contributed by atoms with Crippen LogP contribution in [-0.4, -0.2) is 28.2 Å². The summed E-state index contributed by atoms with van der Waals surface area (Å²) in [6, 6.07) is 11.1. The minimum atomic E-state index is -0.147. The summed E-state index contributed by atoms with van der Waals surface area (Å²) in [5.41, 5.74) is 1.06. The number of aromatic amines is 1. The van der Waals surface area contributed by atoms with E-state index in [0.29, 0.717) is 24.4 Å². The first kappa shape index (κ1) is 14.8. The molecule has 0 saturated heterocycles. The van der Waals surface area contributed by atoms with Crippen molar-refractivity contribution >= 4 is 11.9 Å². The maximum absolute atomic E-state index is 12.0. The first-order valence-electron chi connectivity index (χ1n) is 7.13. The molecule has 0 spiro atoms. The molecule has 0 bridgehead atoms. The van der Waals surface area contributed by atoms with Gasteiger partial charge in [0.25, 0.3) is 0 Å². The third kappa shape index (κ3) is 3.76. The molecular formula is C16H16N4O3. The number of amides is 1. The molecule has 0 atom stereocenters. The van der Waals surface area contributed by atoms with Gasteiger partial charge in [-0.25, -0.2) is 0 Å². The quantitative estimate of drug-likeness (QED) is 0.730. The Bertz CT molecular complexity index is 763. The fraction of sp³-hybridized carbons (Fsp3) is 0.188. The molecule has 7 nitrogen and oxygen atoms in total. The molecule has 1 amide bonds. The number of rotatable bonds is 6. The van der Waals surface area contributed by atoms with Gasteiger partial charge in [0.2, 0.25) is 11.9 Å². The zero-order valence-electron chi connectivity index (χ0n) is 12.6. The number of benzene rings is 1. The Hall–Kier alpha value is -3.09. The monoisotopic (exact) mass is 312 g/mol. The van der Waals surface area contributed by atoms with Crippen molar-refractivity contribution in [1.29, 1.82) is 0 Å². The average Bonchev–Trinajstić information content (AvgIpc) is 3.24. The van der Waals surface area contributed by atoms with Crippen LogP contribution >= 0.6 is 0 Å². The highest BCUT2D eigenvalue weighted by atomic mass is 16.5. The summed E-state index contributed by atoms with van der Waals surface area (Å²) in [5, 5.41) is 9.32. The summed E-state index contributed by atoms with van der Waals surface area (Å²) in [5.74, 6) is 1.92. The van der Waals surface area contributed by atoms with Crippen molar-refractivity contribution < 1.29 is 13.9 Å².